The molecule has 0 aromatic heterocycles. The highest BCUT2D eigenvalue weighted by Crippen LogP contribution is 2.17. The van der Waals surface area contributed by atoms with Crippen molar-refractivity contribution in [1.29, 1.82) is 0 Å². The van der Waals surface area contributed by atoms with Gasteiger partial charge in [-0.1, -0.05) is 19.1 Å². The Morgan fingerprint density at radius 3 is 2.76 bits per heavy atom. The fourth-order valence-corrected chi connectivity index (χ4v) is 2.34. The van der Waals surface area contributed by atoms with Gasteiger partial charge in [-0.3, -0.25) is 4.90 Å². The highest BCUT2D eigenvalue weighted by molar-refractivity contribution is 5.46. The number of nitrogens with zero attached hydrogens (tertiary/aromatic N) is 1. The second kappa shape index (κ2) is 6.06. The van der Waals surface area contributed by atoms with Crippen LogP contribution in [0.2, 0.25) is 0 Å². The quantitative estimate of drug-likeness (QED) is 0.836. The molecule has 94 valence electrons. The number of hydrogen-bond donors (Lipinski definition) is 1. The summed E-state index contributed by atoms with van der Waals surface area (Å²) < 4.78 is 0. The molecule has 1 atom stereocenters. The van der Waals surface area contributed by atoms with E-state index in [1.165, 1.54) is 37.2 Å². The summed E-state index contributed by atoms with van der Waals surface area (Å²) in [6, 6.07) is 9.41. The SMILES string of the molecule is CCC(C)Nc1cccc(CN2CCCC2)c1. The molecule has 1 aromatic rings. The molecule has 1 N–H and O–H groups in total. The first-order valence-corrected chi connectivity index (χ1v) is 6.85. The molecule has 1 heterocycles. The topological polar surface area (TPSA) is 15.3 Å². The lowest BCUT2D eigenvalue weighted by atomic mass is 10.1. The van der Waals surface area contributed by atoms with Crippen LogP contribution in [-0.2, 0) is 6.54 Å². The molecular formula is C15H24N2. The predicted octanol–water partition coefficient (Wildman–Crippen LogP) is 3.49. The van der Waals surface area contributed by atoms with E-state index < -0.39 is 0 Å². The Bertz CT molecular complexity index is 343. The maximum atomic E-state index is 3.54. The minimum Gasteiger partial charge on any atom is -0.383 e. The summed E-state index contributed by atoms with van der Waals surface area (Å²) in [6.45, 7) is 8.08. The molecule has 0 aliphatic carbocycles. The minimum atomic E-state index is 0.553. The summed E-state index contributed by atoms with van der Waals surface area (Å²) in [5, 5.41) is 3.54. The Balaban J connectivity index is 1.95. The molecule has 17 heavy (non-hydrogen) atoms. The summed E-state index contributed by atoms with van der Waals surface area (Å²) >= 11 is 0. The van der Waals surface area contributed by atoms with E-state index in [1.807, 2.05) is 0 Å². The van der Waals surface area contributed by atoms with Gasteiger partial charge in [0.05, 0.1) is 0 Å². The zero-order valence-corrected chi connectivity index (χ0v) is 11.1. The molecule has 1 aromatic carbocycles. The Labute approximate surface area is 105 Å². The summed E-state index contributed by atoms with van der Waals surface area (Å²) in [4.78, 5) is 2.54. The standard InChI is InChI=1S/C15H24N2/c1-3-13(2)16-15-8-6-7-14(11-15)12-17-9-4-5-10-17/h6-8,11,13,16H,3-5,9-10,12H2,1-2H3. The van der Waals surface area contributed by atoms with Gasteiger partial charge < -0.3 is 5.32 Å². The zero-order chi connectivity index (χ0) is 12.1. The number of benzene rings is 1. The molecule has 2 nitrogen and oxygen atoms in total. The van der Waals surface area contributed by atoms with Crippen LogP contribution in [-0.4, -0.2) is 24.0 Å². The Hall–Kier alpha value is -1.02. The smallest absolute Gasteiger partial charge is 0.0345 e. The molecule has 2 rings (SSSR count). The van der Waals surface area contributed by atoms with Gasteiger partial charge >= 0.3 is 0 Å². The van der Waals surface area contributed by atoms with Crippen molar-refractivity contribution in [2.75, 3.05) is 18.4 Å². The van der Waals surface area contributed by atoms with Gasteiger partial charge in [0.15, 0.2) is 0 Å². The average molecular weight is 232 g/mol. The van der Waals surface area contributed by atoms with E-state index in [9.17, 15) is 0 Å². The predicted molar refractivity (Wildman–Crippen MR) is 74.3 cm³/mol. The van der Waals surface area contributed by atoms with Gasteiger partial charge in [-0.05, 0) is 57.0 Å². The first kappa shape index (κ1) is 12.4. The summed E-state index contributed by atoms with van der Waals surface area (Å²) in [6.07, 6.45) is 3.89. The van der Waals surface area contributed by atoms with Gasteiger partial charge in [0.1, 0.15) is 0 Å². The van der Waals surface area contributed by atoms with Crippen molar-refractivity contribution in [3.63, 3.8) is 0 Å². The first-order valence-electron chi connectivity index (χ1n) is 6.85. The first-order chi connectivity index (χ1) is 8.28. The van der Waals surface area contributed by atoms with Gasteiger partial charge in [0.25, 0.3) is 0 Å². The Morgan fingerprint density at radius 1 is 1.29 bits per heavy atom. The number of anilines is 1. The second-order valence-corrected chi connectivity index (χ2v) is 5.14. The molecule has 1 aliphatic rings. The minimum absolute atomic E-state index is 0.553. The van der Waals surface area contributed by atoms with Crippen molar-refractivity contribution in [3.8, 4) is 0 Å². The lowest BCUT2D eigenvalue weighted by Gasteiger charge is -2.17. The molecule has 0 bridgehead atoms. The van der Waals surface area contributed by atoms with Crippen molar-refractivity contribution in [3.05, 3.63) is 29.8 Å². The van der Waals surface area contributed by atoms with Crippen LogP contribution in [0, 0.1) is 0 Å². The molecule has 2 heteroatoms. The molecule has 0 spiro atoms. The van der Waals surface area contributed by atoms with Crippen LogP contribution < -0.4 is 5.32 Å². The number of likely N-dealkylation sites (tertiary alicyclic amines) is 1. The normalized spacial score (nSPS) is 18.2. The third kappa shape index (κ3) is 3.74. The molecular weight excluding hydrogens is 208 g/mol. The van der Waals surface area contributed by atoms with Gasteiger partial charge in [-0.2, -0.15) is 0 Å². The molecule has 0 saturated carbocycles. The van der Waals surface area contributed by atoms with E-state index >= 15 is 0 Å². The van der Waals surface area contributed by atoms with Gasteiger partial charge in [-0.25, -0.2) is 0 Å². The van der Waals surface area contributed by atoms with Crippen LogP contribution in [0.3, 0.4) is 0 Å². The van der Waals surface area contributed by atoms with E-state index in [0.29, 0.717) is 6.04 Å². The van der Waals surface area contributed by atoms with Crippen molar-refractivity contribution < 1.29 is 0 Å². The van der Waals surface area contributed by atoms with Crippen molar-refractivity contribution in [2.24, 2.45) is 0 Å². The molecule has 0 radical (unpaired) electrons. The molecule has 1 unspecified atom stereocenters. The highest BCUT2D eigenvalue weighted by atomic mass is 15.1. The van der Waals surface area contributed by atoms with E-state index in [0.717, 1.165) is 13.0 Å². The van der Waals surface area contributed by atoms with Crippen LogP contribution in [0.1, 0.15) is 38.7 Å². The number of nitrogens with one attached hydrogen (secondary N) is 1. The van der Waals surface area contributed by atoms with Crippen molar-refractivity contribution >= 4 is 5.69 Å². The van der Waals surface area contributed by atoms with Crippen molar-refractivity contribution in [1.82, 2.24) is 4.90 Å². The summed E-state index contributed by atoms with van der Waals surface area (Å²) in [5.74, 6) is 0. The van der Waals surface area contributed by atoms with Crippen LogP contribution in [0.25, 0.3) is 0 Å². The third-order valence-electron chi connectivity index (χ3n) is 3.56. The lowest BCUT2D eigenvalue weighted by molar-refractivity contribution is 0.331. The van der Waals surface area contributed by atoms with E-state index in [2.05, 4.69) is 48.3 Å². The summed E-state index contributed by atoms with van der Waals surface area (Å²) in [7, 11) is 0. The summed E-state index contributed by atoms with van der Waals surface area (Å²) in [5.41, 5.74) is 2.69. The maximum absolute atomic E-state index is 3.54. The Morgan fingerprint density at radius 2 is 2.06 bits per heavy atom. The fraction of sp³-hybridized carbons (Fsp3) is 0.600. The molecule has 1 saturated heterocycles. The molecule has 0 amide bonds. The number of hydrogen-bond acceptors (Lipinski definition) is 2. The zero-order valence-electron chi connectivity index (χ0n) is 11.1. The van der Waals surface area contributed by atoms with E-state index in [-0.39, 0.29) is 0 Å². The molecule has 1 fully saturated rings. The maximum Gasteiger partial charge on any atom is 0.0345 e. The van der Waals surface area contributed by atoms with Gasteiger partial charge in [-0.15, -0.1) is 0 Å². The second-order valence-electron chi connectivity index (χ2n) is 5.14. The Kier molecular flexibility index (Phi) is 4.43. The van der Waals surface area contributed by atoms with Crippen LogP contribution >= 0.6 is 0 Å². The monoisotopic (exact) mass is 232 g/mol. The number of rotatable bonds is 5. The van der Waals surface area contributed by atoms with Crippen LogP contribution in [0.5, 0.6) is 0 Å². The van der Waals surface area contributed by atoms with Gasteiger partial charge in [0.2, 0.25) is 0 Å². The lowest BCUT2D eigenvalue weighted by Crippen LogP contribution is -2.18. The average Bonchev–Trinajstić information content (AvgIpc) is 2.82. The van der Waals surface area contributed by atoms with E-state index in [1.54, 1.807) is 0 Å². The fourth-order valence-electron chi connectivity index (χ4n) is 2.34. The van der Waals surface area contributed by atoms with Gasteiger partial charge in [0, 0.05) is 18.3 Å². The highest BCUT2D eigenvalue weighted by Gasteiger charge is 2.11. The largest absolute Gasteiger partial charge is 0.383 e. The van der Waals surface area contributed by atoms with Crippen LogP contribution in [0.4, 0.5) is 5.69 Å². The van der Waals surface area contributed by atoms with Crippen LogP contribution in [0.15, 0.2) is 24.3 Å². The third-order valence-corrected chi connectivity index (χ3v) is 3.56. The van der Waals surface area contributed by atoms with Crippen molar-refractivity contribution in [2.45, 2.75) is 45.7 Å². The molecule has 1 aliphatic heterocycles. The van der Waals surface area contributed by atoms with E-state index in [4.69, 9.17) is 0 Å².